The Morgan fingerprint density at radius 2 is 1.91 bits per heavy atom. The third-order valence-corrected chi connectivity index (χ3v) is 5.23. The molecule has 0 spiro atoms. The van der Waals surface area contributed by atoms with E-state index in [1.165, 1.54) is 11.3 Å². The van der Waals surface area contributed by atoms with Gasteiger partial charge in [-0.3, -0.25) is 4.99 Å². The number of rotatable bonds is 3. The predicted molar refractivity (Wildman–Crippen MR) is 111 cm³/mol. The van der Waals surface area contributed by atoms with Crippen molar-refractivity contribution in [3.05, 3.63) is 29.8 Å². The van der Waals surface area contributed by atoms with E-state index < -0.39 is 0 Å². The summed E-state index contributed by atoms with van der Waals surface area (Å²) < 4.78 is 0. The minimum absolute atomic E-state index is 0. The average molecular weight is 430 g/mol. The van der Waals surface area contributed by atoms with E-state index >= 15 is 0 Å². The number of likely N-dealkylation sites (tertiary alicyclic amines) is 1. The molecule has 0 radical (unpaired) electrons. The minimum Gasteiger partial charge on any atom is -0.378 e. The van der Waals surface area contributed by atoms with Crippen LogP contribution in [0.25, 0.3) is 0 Å². The Bertz CT molecular complexity index is 564. The minimum atomic E-state index is 0. The van der Waals surface area contributed by atoms with E-state index in [9.17, 15) is 0 Å². The summed E-state index contributed by atoms with van der Waals surface area (Å²) in [7, 11) is 5.99. The summed E-state index contributed by atoms with van der Waals surface area (Å²) in [5, 5.41) is 3.50. The highest BCUT2D eigenvalue weighted by Gasteiger charge is 2.53. The van der Waals surface area contributed by atoms with Crippen molar-refractivity contribution in [3.8, 4) is 0 Å². The molecule has 0 unspecified atom stereocenters. The van der Waals surface area contributed by atoms with E-state index in [-0.39, 0.29) is 29.5 Å². The number of halogens is 1. The molecule has 1 N–H and O–H groups in total. The molecule has 1 fully saturated rings. The van der Waals surface area contributed by atoms with E-state index in [2.05, 4.69) is 86.2 Å². The Kier molecular flexibility index (Phi) is 6.35. The SMILES string of the molecule is CN=C(NCc1cccc(N(C)C)c1)N1CC(C)(C)C1(C)C.I. The monoisotopic (exact) mass is 430 g/mol. The fraction of sp³-hybridized carbons (Fsp3) is 0.611. The first kappa shape index (κ1) is 20.1. The summed E-state index contributed by atoms with van der Waals surface area (Å²) in [6.07, 6.45) is 0. The maximum Gasteiger partial charge on any atom is 0.194 e. The van der Waals surface area contributed by atoms with Gasteiger partial charge in [0.25, 0.3) is 0 Å². The first-order valence-electron chi connectivity index (χ1n) is 7.93. The van der Waals surface area contributed by atoms with Gasteiger partial charge in [0, 0.05) is 50.9 Å². The molecule has 1 aliphatic heterocycles. The van der Waals surface area contributed by atoms with Gasteiger partial charge in [0.15, 0.2) is 5.96 Å². The Morgan fingerprint density at radius 1 is 1.26 bits per heavy atom. The van der Waals surface area contributed by atoms with E-state index in [1.54, 1.807) is 0 Å². The second-order valence-corrected chi connectivity index (χ2v) is 7.49. The molecule has 0 aliphatic carbocycles. The molecule has 1 aromatic rings. The topological polar surface area (TPSA) is 30.9 Å². The van der Waals surface area contributed by atoms with E-state index in [0.29, 0.717) is 5.41 Å². The van der Waals surface area contributed by atoms with E-state index in [4.69, 9.17) is 0 Å². The fourth-order valence-electron chi connectivity index (χ4n) is 2.82. The van der Waals surface area contributed by atoms with Gasteiger partial charge in [-0.25, -0.2) is 0 Å². The van der Waals surface area contributed by atoms with Crippen molar-refractivity contribution < 1.29 is 0 Å². The lowest BCUT2D eigenvalue weighted by Gasteiger charge is -2.62. The second-order valence-electron chi connectivity index (χ2n) is 7.49. The van der Waals surface area contributed by atoms with Crippen LogP contribution in [-0.2, 0) is 6.54 Å². The van der Waals surface area contributed by atoms with Crippen LogP contribution in [0, 0.1) is 5.41 Å². The second kappa shape index (κ2) is 7.28. The maximum absolute atomic E-state index is 4.46. The summed E-state index contributed by atoms with van der Waals surface area (Å²) in [6.45, 7) is 11.0. The van der Waals surface area contributed by atoms with Gasteiger partial charge in [-0.15, -0.1) is 24.0 Å². The molecule has 1 heterocycles. The highest BCUT2D eigenvalue weighted by Crippen LogP contribution is 2.46. The van der Waals surface area contributed by atoms with Crippen molar-refractivity contribution in [1.29, 1.82) is 0 Å². The zero-order valence-corrected chi connectivity index (χ0v) is 17.8. The van der Waals surface area contributed by atoms with Crippen LogP contribution in [-0.4, -0.2) is 44.1 Å². The van der Waals surface area contributed by atoms with Crippen LogP contribution in [0.15, 0.2) is 29.3 Å². The molecule has 23 heavy (non-hydrogen) atoms. The number of nitrogens with one attached hydrogen (secondary N) is 1. The number of guanidine groups is 1. The van der Waals surface area contributed by atoms with Crippen LogP contribution in [0.2, 0.25) is 0 Å². The van der Waals surface area contributed by atoms with Gasteiger partial charge in [0.1, 0.15) is 0 Å². The normalized spacial score (nSPS) is 18.7. The first-order chi connectivity index (χ1) is 10.2. The Morgan fingerprint density at radius 3 is 2.39 bits per heavy atom. The highest BCUT2D eigenvalue weighted by molar-refractivity contribution is 14.0. The molecule has 1 aliphatic rings. The number of benzene rings is 1. The van der Waals surface area contributed by atoms with E-state index in [0.717, 1.165) is 19.0 Å². The number of hydrogen-bond donors (Lipinski definition) is 1. The molecule has 5 heteroatoms. The third-order valence-electron chi connectivity index (χ3n) is 5.23. The lowest BCUT2D eigenvalue weighted by molar-refractivity contribution is -0.0667. The quantitative estimate of drug-likeness (QED) is 0.452. The molecule has 0 bridgehead atoms. The molecule has 0 aromatic heterocycles. The van der Waals surface area contributed by atoms with Gasteiger partial charge in [-0.05, 0) is 31.5 Å². The summed E-state index contributed by atoms with van der Waals surface area (Å²) >= 11 is 0. The molecule has 2 rings (SSSR count). The molecular weight excluding hydrogens is 399 g/mol. The largest absolute Gasteiger partial charge is 0.378 e. The third kappa shape index (κ3) is 3.92. The lowest BCUT2D eigenvalue weighted by atomic mass is 9.65. The molecule has 1 aromatic carbocycles. The highest BCUT2D eigenvalue weighted by atomic mass is 127. The lowest BCUT2D eigenvalue weighted by Crippen LogP contribution is -2.72. The first-order valence-corrected chi connectivity index (χ1v) is 7.93. The van der Waals surface area contributed by atoms with Gasteiger partial charge in [0.05, 0.1) is 0 Å². The van der Waals surface area contributed by atoms with Crippen LogP contribution < -0.4 is 10.2 Å². The van der Waals surface area contributed by atoms with Crippen LogP contribution >= 0.6 is 24.0 Å². The zero-order chi connectivity index (χ0) is 16.5. The molecule has 0 atom stereocenters. The molecular formula is C18H31IN4. The summed E-state index contributed by atoms with van der Waals surface area (Å²) in [6, 6.07) is 8.59. The Balaban J connectivity index is 0.00000264. The number of hydrogen-bond acceptors (Lipinski definition) is 2. The molecule has 4 nitrogen and oxygen atoms in total. The van der Waals surface area contributed by atoms with Crippen LogP contribution in [0.4, 0.5) is 5.69 Å². The molecule has 0 saturated carbocycles. The van der Waals surface area contributed by atoms with Gasteiger partial charge in [-0.2, -0.15) is 0 Å². The summed E-state index contributed by atoms with van der Waals surface area (Å²) in [4.78, 5) is 8.95. The van der Waals surface area contributed by atoms with Crippen molar-refractivity contribution in [2.24, 2.45) is 10.4 Å². The number of anilines is 1. The molecule has 130 valence electrons. The van der Waals surface area contributed by atoms with Crippen molar-refractivity contribution in [2.45, 2.75) is 39.8 Å². The van der Waals surface area contributed by atoms with Gasteiger partial charge >= 0.3 is 0 Å². The van der Waals surface area contributed by atoms with Crippen LogP contribution in [0.1, 0.15) is 33.3 Å². The molecule has 0 amide bonds. The standard InChI is InChI=1S/C18H30N4.HI/c1-17(2)13-22(18(17,3)4)16(19-5)20-12-14-9-8-10-15(11-14)21(6)7;/h8-11H,12-13H2,1-7H3,(H,19,20);1H. The summed E-state index contributed by atoms with van der Waals surface area (Å²) in [5.74, 6) is 0.986. The van der Waals surface area contributed by atoms with Crippen molar-refractivity contribution in [3.63, 3.8) is 0 Å². The Hall–Kier alpha value is -0.980. The van der Waals surface area contributed by atoms with Crippen LogP contribution in [0.5, 0.6) is 0 Å². The van der Waals surface area contributed by atoms with Gasteiger partial charge < -0.3 is 15.1 Å². The average Bonchev–Trinajstić information content (AvgIpc) is 2.47. The maximum atomic E-state index is 4.46. The van der Waals surface area contributed by atoms with E-state index in [1.807, 2.05) is 7.05 Å². The number of aliphatic imine (C=N–C) groups is 1. The predicted octanol–water partition coefficient (Wildman–Crippen LogP) is 3.57. The summed E-state index contributed by atoms with van der Waals surface area (Å²) in [5.41, 5.74) is 2.93. The van der Waals surface area contributed by atoms with Crippen molar-refractivity contribution in [1.82, 2.24) is 10.2 Å². The van der Waals surface area contributed by atoms with Gasteiger partial charge in [0.2, 0.25) is 0 Å². The molecule has 1 saturated heterocycles. The Labute approximate surface area is 158 Å². The van der Waals surface area contributed by atoms with Gasteiger partial charge in [-0.1, -0.05) is 26.0 Å². The zero-order valence-electron chi connectivity index (χ0n) is 15.5. The number of nitrogens with zero attached hydrogens (tertiary/aromatic N) is 3. The smallest absolute Gasteiger partial charge is 0.194 e. The van der Waals surface area contributed by atoms with Crippen molar-refractivity contribution >= 4 is 35.6 Å². The fourth-order valence-corrected chi connectivity index (χ4v) is 2.82. The van der Waals surface area contributed by atoms with Crippen LogP contribution in [0.3, 0.4) is 0 Å². The van der Waals surface area contributed by atoms with Crippen molar-refractivity contribution in [2.75, 3.05) is 32.6 Å².